The van der Waals surface area contributed by atoms with Gasteiger partial charge in [-0.15, -0.1) is 0 Å². The summed E-state index contributed by atoms with van der Waals surface area (Å²) >= 11 is 27.1. The maximum Gasteiger partial charge on any atom is 0.435 e. The van der Waals surface area contributed by atoms with E-state index in [9.17, 15) is 18.0 Å². The second-order valence-corrected chi connectivity index (χ2v) is 9.66. The molecular weight excluding hydrogens is 567 g/mol. The first-order chi connectivity index (χ1) is 14.4. The summed E-state index contributed by atoms with van der Waals surface area (Å²) in [6.45, 7) is 1.63. The second kappa shape index (κ2) is 8.98. The van der Waals surface area contributed by atoms with Crippen molar-refractivity contribution in [1.29, 1.82) is 0 Å². The fourth-order valence-corrected chi connectivity index (χ4v) is 3.81. The number of nitrogens with zero attached hydrogens (tertiary/aromatic N) is 1. The minimum atomic E-state index is -4.84. The minimum absolute atomic E-state index is 0.00755. The van der Waals surface area contributed by atoms with E-state index in [-0.39, 0.29) is 37.3 Å². The molecule has 2 unspecified atom stereocenters. The molecule has 4 nitrogen and oxygen atoms in total. The Morgan fingerprint density at radius 2 is 1.77 bits per heavy atom. The van der Waals surface area contributed by atoms with Crippen molar-refractivity contribution >= 4 is 79.6 Å². The highest BCUT2D eigenvalue weighted by Crippen LogP contribution is 2.50. The summed E-state index contributed by atoms with van der Waals surface area (Å²) < 4.78 is 42.4. The summed E-state index contributed by atoms with van der Waals surface area (Å²) in [4.78, 5) is 16.3. The van der Waals surface area contributed by atoms with E-state index in [4.69, 9.17) is 51.2 Å². The summed E-state index contributed by atoms with van der Waals surface area (Å²) in [7, 11) is 0. The number of hydrogen-bond acceptors (Lipinski definition) is 3. The van der Waals surface area contributed by atoms with Crippen LogP contribution in [-0.4, -0.2) is 22.6 Å². The van der Waals surface area contributed by atoms with Crippen LogP contribution in [0.3, 0.4) is 0 Å². The van der Waals surface area contributed by atoms with Gasteiger partial charge in [0.15, 0.2) is 0 Å². The molecule has 0 bridgehead atoms. The number of alkyl halides is 4. The number of nitrogens with one attached hydrogen (secondary N) is 1. The fourth-order valence-electron chi connectivity index (χ4n) is 2.88. The van der Waals surface area contributed by atoms with E-state index in [2.05, 4.69) is 26.4 Å². The van der Waals surface area contributed by atoms with E-state index in [1.807, 2.05) is 0 Å². The predicted molar refractivity (Wildman–Crippen MR) is 120 cm³/mol. The lowest BCUT2D eigenvalue weighted by atomic mass is 9.86. The van der Waals surface area contributed by atoms with Gasteiger partial charge < -0.3 is 10.2 Å². The van der Waals surface area contributed by atoms with Crippen molar-refractivity contribution in [2.75, 3.05) is 5.32 Å². The van der Waals surface area contributed by atoms with Crippen LogP contribution in [0, 0.1) is 0 Å². The Morgan fingerprint density at radius 3 is 2.29 bits per heavy atom. The third kappa shape index (κ3) is 4.78. The zero-order valence-electron chi connectivity index (χ0n) is 15.5. The third-order valence-electron chi connectivity index (χ3n) is 4.56. The molecule has 12 heteroatoms. The average molecular weight is 579 g/mol. The Kier molecular flexibility index (Phi) is 7.08. The summed E-state index contributed by atoms with van der Waals surface area (Å²) in [5.74, 6) is -0.330. The summed E-state index contributed by atoms with van der Waals surface area (Å²) in [5, 5.41) is 6.04. The van der Waals surface area contributed by atoms with Crippen LogP contribution < -0.4 is 5.32 Å². The molecule has 166 valence electrons. The first-order valence-corrected chi connectivity index (χ1v) is 11.0. The Hall–Kier alpha value is -1.19. The maximum atomic E-state index is 14.1. The molecule has 1 N–H and O–H groups in total. The van der Waals surface area contributed by atoms with Crippen LogP contribution in [0.2, 0.25) is 20.1 Å². The maximum absolute atomic E-state index is 14.1. The van der Waals surface area contributed by atoms with E-state index >= 15 is 0 Å². The molecule has 2 aromatic rings. The largest absolute Gasteiger partial charge is 0.435 e. The molecule has 1 amide bonds. The van der Waals surface area contributed by atoms with Crippen LogP contribution in [0.1, 0.15) is 24.5 Å². The Balaban J connectivity index is 1.95. The number of carbonyl (C=O) groups excluding carboxylic acids is 1. The van der Waals surface area contributed by atoms with Crippen molar-refractivity contribution in [3.63, 3.8) is 0 Å². The number of amides is 1. The molecule has 1 heterocycles. The summed E-state index contributed by atoms with van der Waals surface area (Å²) in [5.41, 5.74) is -2.52. The molecule has 1 aliphatic heterocycles. The lowest BCUT2D eigenvalue weighted by Gasteiger charge is -2.30. The molecule has 0 saturated carbocycles. The highest BCUT2D eigenvalue weighted by atomic mass is 79.9. The van der Waals surface area contributed by atoms with Crippen molar-refractivity contribution in [1.82, 2.24) is 0 Å². The number of anilines is 1. The van der Waals surface area contributed by atoms with Gasteiger partial charge in [0.2, 0.25) is 5.91 Å². The van der Waals surface area contributed by atoms with Gasteiger partial charge in [0.05, 0.1) is 36.3 Å². The van der Waals surface area contributed by atoms with Gasteiger partial charge in [-0.25, -0.2) is 0 Å². The van der Waals surface area contributed by atoms with E-state index in [1.54, 1.807) is 6.92 Å². The smallest absolute Gasteiger partial charge is 0.374 e. The minimum Gasteiger partial charge on any atom is -0.374 e. The van der Waals surface area contributed by atoms with Gasteiger partial charge in [0, 0.05) is 17.5 Å². The molecular formula is C19H12BrCl4F3N2O2. The zero-order valence-corrected chi connectivity index (χ0v) is 20.1. The van der Waals surface area contributed by atoms with Gasteiger partial charge in [-0.3, -0.25) is 4.79 Å². The van der Waals surface area contributed by atoms with Crippen LogP contribution in [-0.2, 0) is 15.2 Å². The standard InChI is InChI=1S/C19H12BrCl4F3N2O2/c1-8(20)17(30)28-14-3-2-9(4-11(14)21)15-7-18(31-29-15,19(25,26)27)10-5-12(22)16(24)13(23)6-10/h2-6,8H,7H2,1H3,(H,28,30). The van der Waals surface area contributed by atoms with Gasteiger partial charge in [-0.05, 0) is 31.2 Å². The van der Waals surface area contributed by atoms with Crippen molar-refractivity contribution in [3.05, 3.63) is 61.5 Å². The first kappa shape index (κ1) is 24.5. The highest BCUT2D eigenvalue weighted by Gasteiger charge is 2.62. The molecule has 0 aliphatic carbocycles. The normalized spacial score (nSPS) is 19.6. The molecule has 0 saturated heterocycles. The SMILES string of the molecule is CC(Br)C(=O)Nc1ccc(C2=NOC(c3cc(Cl)c(Cl)c(Cl)c3)(C(F)(F)F)C2)cc1Cl. The van der Waals surface area contributed by atoms with Gasteiger partial charge in [-0.2, -0.15) is 13.2 Å². The molecule has 2 atom stereocenters. The van der Waals surface area contributed by atoms with E-state index in [0.717, 1.165) is 12.1 Å². The number of rotatable bonds is 4. The Morgan fingerprint density at radius 1 is 1.16 bits per heavy atom. The van der Waals surface area contributed by atoms with E-state index in [0.29, 0.717) is 11.3 Å². The quantitative estimate of drug-likeness (QED) is 0.300. The van der Waals surface area contributed by atoms with Crippen LogP contribution in [0.4, 0.5) is 18.9 Å². The monoisotopic (exact) mass is 576 g/mol. The lowest BCUT2D eigenvalue weighted by Crippen LogP contribution is -2.42. The summed E-state index contributed by atoms with van der Waals surface area (Å²) in [6, 6.07) is 6.45. The number of carbonyl (C=O) groups is 1. The van der Waals surface area contributed by atoms with Gasteiger partial charge in [-0.1, -0.05) is 73.6 Å². The van der Waals surface area contributed by atoms with Crippen LogP contribution >= 0.6 is 62.3 Å². The third-order valence-corrected chi connectivity index (χ3v) is 6.48. The average Bonchev–Trinajstić information content (AvgIpc) is 3.14. The van der Waals surface area contributed by atoms with E-state index in [1.165, 1.54) is 18.2 Å². The fraction of sp³-hybridized carbons (Fsp3) is 0.263. The van der Waals surface area contributed by atoms with Crippen molar-refractivity contribution in [2.45, 2.75) is 29.9 Å². The predicted octanol–water partition coefficient (Wildman–Crippen LogP) is 7.60. The van der Waals surface area contributed by atoms with Gasteiger partial charge >= 0.3 is 6.18 Å². The summed E-state index contributed by atoms with van der Waals surface area (Å²) in [6.07, 6.45) is -5.49. The number of benzene rings is 2. The molecule has 31 heavy (non-hydrogen) atoms. The Labute approximate surface area is 203 Å². The van der Waals surface area contributed by atoms with Crippen LogP contribution in [0.15, 0.2) is 35.5 Å². The van der Waals surface area contributed by atoms with E-state index < -0.39 is 23.0 Å². The van der Waals surface area contributed by atoms with Crippen molar-refractivity contribution < 1.29 is 22.8 Å². The number of hydrogen-bond donors (Lipinski definition) is 1. The molecule has 0 radical (unpaired) electrons. The topological polar surface area (TPSA) is 50.7 Å². The molecule has 1 aliphatic rings. The Bertz CT molecular complexity index is 1060. The molecule has 3 rings (SSSR count). The van der Waals surface area contributed by atoms with Gasteiger partial charge in [0.25, 0.3) is 5.60 Å². The number of oxime groups is 1. The highest BCUT2D eigenvalue weighted by molar-refractivity contribution is 9.10. The van der Waals surface area contributed by atoms with Crippen molar-refractivity contribution in [2.24, 2.45) is 5.16 Å². The first-order valence-electron chi connectivity index (χ1n) is 8.57. The number of halogens is 8. The van der Waals surface area contributed by atoms with Crippen LogP contribution in [0.25, 0.3) is 0 Å². The second-order valence-electron chi connectivity index (χ2n) is 6.68. The molecule has 0 spiro atoms. The molecule has 2 aromatic carbocycles. The van der Waals surface area contributed by atoms with Crippen LogP contribution in [0.5, 0.6) is 0 Å². The molecule has 0 fully saturated rings. The van der Waals surface area contributed by atoms with Gasteiger partial charge in [0.1, 0.15) is 0 Å². The lowest BCUT2D eigenvalue weighted by molar-refractivity contribution is -0.275. The molecule has 0 aromatic heterocycles. The zero-order chi connectivity index (χ0) is 23.1. The van der Waals surface area contributed by atoms with Crippen molar-refractivity contribution in [3.8, 4) is 0 Å².